The van der Waals surface area contributed by atoms with Gasteiger partial charge in [0, 0.05) is 31.0 Å². The summed E-state index contributed by atoms with van der Waals surface area (Å²) in [6, 6.07) is 5.56. The molecule has 0 aliphatic carbocycles. The third kappa shape index (κ3) is 7.14. The van der Waals surface area contributed by atoms with Gasteiger partial charge in [-0.15, -0.1) is 24.0 Å². The Labute approximate surface area is 165 Å². The molecule has 0 spiro atoms. The molecule has 1 aliphatic rings. The predicted molar refractivity (Wildman–Crippen MR) is 111 cm³/mol. The van der Waals surface area contributed by atoms with E-state index in [-0.39, 0.29) is 36.4 Å². The predicted octanol–water partition coefficient (Wildman–Crippen LogP) is 3.54. The molecule has 24 heavy (non-hydrogen) atoms. The molecule has 0 saturated carbocycles. The van der Waals surface area contributed by atoms with Gasteiger partial charge in [0.1, 0.15) is 5.82 Å². The Morgan fingerprint density at radius 1 is 1.46 bits per heavy atom. The summed E-state index contributed by atoms with van der Waals surface area (Å²) in [5.74, 6) is 2.98. The van der Waals surface area contributed by atoms with Crippen molar-refractivity contribution in [2.24, 2.45) is 4.99 Å². The summed E-state index contributed by atoms with van der Waals surface area (Å²) in [6.45, 7) is 3.68. The van der Waals surface area contributed by atoms with E-state index in [1.807, 2.05) is 17.8 Å². The number of methoxy groups -OCH3 is 1. The van der Waals surface area contributed by atoms with Gasteiger partial charge in [-0.2, -0.15) is 11.8 Å². The zero-order chi connectivity index (χ0) is 16.5. The SMILES string of the molecule is CCNC(=NCc1ccc(F)c(COC)c1)NC1CCCSC1.I. The van der Waals surface area contributed by atoms with Gasteiger partial charge in [-0.25, -0.2) is 9.38 Å². The molecule has 1 heterocycles. The summed E-state index contributed by atoms with van der Waals surface area (Å²) in [4.78, 5) is 4.63. The topological polar surface area (TPSA) is 45.7 Å². The lowest BCUT2D eigenvalue weighted by Crippen LogP contribution is -2.45. The average molecular weight is 467 g/mol. The highest BCUT2D eigenvalue weighted by molar-refractivity contribution is 14.0. The van der Waals surface area contributed by atoms with Gasteiger partial charge in [0.25, 0.3) is 0 Å². The maximum Gasteiger partial charge on any atom is 0.191 e. The van der Waals surface area contributed by atoms with Crippen molar-refractivity contribution < 1.29 is 9.13 Å². The van der Waals surface area contributed by atoms with Crippen molar-refractivity contribution in [3.8, 4) is 0 Å². The molecular formula is C17H27FIN3OS. The minimum Gasteiger partial charge on any atom is -0.380 e. The minimum absolute atomic E-state index is 0. The van der Waals surface area contributed by atoms with Crippen LogP contribution in [0, 0.1) is 5.82 Å². The van der Waals surface area contributed by atoms with Crippen molar-refractivity contribution in [1.82, 2.24) is 10.6 Å². The van der Waals surface area contributed by atoms with Crippen LogP contribution >= 0.6 is 35.7 Å². The summed E-state index contributed by atoms with van der Waals surface area (Å²) < 4.78 is 18.7. The number of nitrogens with one attached hydrogen (secondary N) is 2. The summed E-state index contributed by atoms with van der Waals surface area (Å²) in [5, 5.41) is 6.78. The smallest absolute Gasteiger partial charge is 0.191 e. The number of aliphatic imine (C=N–C) groups is 1. The molecule has 136 valence electrons. The minimum atomic E-state index is -0.233. The largest absolute Gasteiger partial charge is 0.380 e. The Kier molecular flexibility index (Phi) is 10.7. The lowest BCUT2D eigenvalue weighted by Gasteiger charge is -2.24. The van der Waals surface area contributed by atoms with E-state index in [4.69, 9.17) is 4.74 Å². The van der Waals surface area contributed by atoms with Gasteiger partial charge < -0.3 is 15.4 Å². The number of hydrogen-bond acceptors (Lipinski definition) is 3. The van der Waals surface area contributed by atoms with Crippen LogP contribution in [0.4, 0.5) is 4.39 Å². The molecule has 7 heteroatoms. The van der Waals surface area contributed by atoms with E-state index in [9.17, 15) is 4.39 Å². The van der Waals surface area contributed by atoms with Crippen molar-refractivity contribution in [3.63, 3.8) is 0 Å². The van der Waals surface area contributed by atoms with Crippen LogP contribution in [0.2, 0.25) is 0 Å². The molecule has 0 bridgehead atoms. The lowest BCUT2D eigenvalue weighted by molar-refractivity contribution is 0.181. The highest BCUT2D eigenvalue weighted by Gasteiger charge is 2.14. The van der Waals surface area contributed by atoms with Crippen molar-refractivity contribution in [2.75, 3.05) is 25.2 Å². The maximum atomic E-state index is 13.6. The first-order valence-corrected chi connectivity index (χ1v) is 9.27. The van der Waals surface area contributed by atoms with E-state index in [1.165, 1.54) is 24.7 Å². The number of ether oxygens (including phenoxy) is 1. The quantitative estimate of drug-likeness (QED) is 0.382. The number of thioether (sulfide) groups is 1. The van der Waals surface area contributed by atoms with Crippen LogP contribution in [0.15, 0.2) is 23.2 Å². The first-order chi connectivity index (χ1) is 11.2. The fourth-order valence-electron chi connectivity index (χ4n) is 2.53. The first-order valence-electron chi connectivity index (χ1n) is 8.11. The van der Waals surface area contributed by atoms with Gasteiger partial charge in [-0.1, -0.05) is 6.07 Å². The lowest BCUT2D eigenvalue weighted by atomic mass is 10.1. The zero-order valence-corrected chi connectivity index (χ0v) is 17.5. The number of guanidine groups is 1. The molecular weight excluding hydrogens is 440 g/mol. The highest BCUT2D eigenvalue weighted by Crippen LogP contribution is 2.17. The highest BCUT2D eigenvalue weighted by atomic mass is 127. The van der Waals surface area contributed by atoms with Crippen LogP contribution in [-0.4, -0.2) is 37.2 Å². The fourth-order valence-corrected chi connectivity index (χ4v) is 3.60. The van der Waals surface area contributed by atoms with Crippen molar-refractivity contribution in [3.05, 3.63) is 35.1 Å². The fraction of sp³-hybridized carbons (Fsp3) is 0.588. The van der Waals surface area contributed by atoms with Gasteiger partial charge in [0.2, 0.25) is 0 Å². The number of nitrogens with zero attached hydrogens (tertiary/aromatic N) is 1. The van der Waals surface area contributed by atoms with Crippen molar-refractivity contribution >= 4 is 41.7 Å². The molecule has 1 aromatic carbocycles. The van der Waals surface area contributed by atoms with E-state index in [2.05, 4.69) is 22.5 Å². The number of hydrogen-bond donors (Lipinski definition) is 2. The molecule has 1 atom stereocenters. The molecule has 0 aromatic heterocycles. The molecule has 2 N–H and O–H groups in total. The summed E-state index contributed by atoms with van der Waals surface area (Å²) >= 11 is 1.99. The Morgan fingerprint density at radius 2 is 2.29 bits per heavy atom. The first kappa shape index (κ1) is 21.5. The van der Waals surface area contributed by atoms with E-state index < -0.39 is 0 Å². The van der Waals surface area contributed by atoms with Gasteiger partial charge >= 0.3 is 0 Å². The Hall–Kier alpha value is -0.540. The second-order valence-corrected chi connectivity index (χ2v) is 6.76. The van der Waals surface area contributed by atoms with E-state index in [1.54, 1.807) is 13.2 Å². The Balaban J connectivity index is 0.00000288. The maximum absolute atomic E-state index is 13.6. The van der Waals surface area contributed by atoms with Crippen LogP contribution in [0.1, 0.15) is 30.9 Å². The molecule has 1 aliphatic heterocycles. The van der Waals surface area contributed by atoms with Gasteiger partial charge in [-0.05, 0) is 43.2 Å². The van der Waals surface area contributed by atoms with Crippen LogP contribution in [0.3, 0.4) is 0 Å². The summed E-state index contributed by atoms with van der Waals surface area (Å²) in [7, 11) is 1.57. The average Bonchev–Trinajstić information content (AvgIpc) is 2.57. The molecule has 0 radical (unpaired) electrons. The molecule has 1 unspecified atom stereocenters. The summed E-state index contributed by atoms with van der Waals surface area (Å²) in [5.41, 5.74) is 1.55. The van der Waals surface area contributed by atoms with Crippen LogP contribution in [0.25, 0.3) is 0 Å². The number of rotatable bonds is 6. The third-order valence-electron chi connectivity index (χ3n) is 3.68. The molecule has 0 amide bonds. The second-order valence-electron chi connectivity index (χ2n) is 5.61. The van der Waals surface area contributed by atoms with Gasteiger partial charge in [-0.3, -0.25) is 0 Å². The molecule has 1 saturated heterocycles. The van der Waals surface area contributed by atoms with E-state index in [0.29, 0.717) is 18.2 Å². The molecule has 2 rings (SSSR count). The molecule has 1 fully saturated rings. The number of benzene rings is 1. The molecule has 4 nitrogen and oxygen atoms in total. The van der Waals surface area contributed by atoms with Gasteiger partial charge in [0.05, 0.1) is 13.2 Å². The normalized spacial score (nSPS) is 18.0. The second kappa shape index (κ2) is 11.9. The Bertz CT molecular complexity index is 525. The summed E-state index contributed by atoms with van der Waals surface area (Å²) in [6.07, 6.45) is 2.44. The van der Waals surface area contributed by atoms with Crippen molar-refractivity contribution in [1.29, 1.82) is 0 Å². The van der Waals surface area contributed by atoms with E-state index in [0.717, 1.165) is 23.8 Å². The Morgan fingerprint density at radius 3 is 2.96 bits per heavy atom. The van der Waals surface area contributed by atoms with Crippen molar-refractivity contribution in [2.45, 2.75) is 39.0 Å². The third-order valence-corrected chi connectivity index (χ3v) is 4.89. The zero-order valence-electron chi connectivity index (χ0n) is 14.3. The van der Waals surface area contributed by atoms with E-state index >= 15 is 0 Å². The van der Waals surface area contributed by atoms with Crippen LogP contribution < -0.4 is 10.6 Å². The molecule has 1 aromatic rings. The van der Waals surface area contributed by atoms with Gasteiger partial charge in [0.15, 0.2) is 5.96 Å². The monoisotopic (exact) mass is 467 g/mol. The van der Waals surface area contributed by atoms with Crippen LogP contribution in [-0.2, 0) is 17.9 Å². The standard InChI is InChI=1S/C17H26FN3OS.HI/c1-3-19-17(21-15-5-4-8-23-12-15)20-10-13-6-7-16(18)14(9-13)11-22-2;/h6-7,9,15H,3-5,8,10-12H2,1-2H3,(H2,19,20,21);1H. The van der Waals surface area contributed by atoms with Crippen LogP contribution in [0.5, 0.6) is 0 Å². The number of halogens is 2.